The van der Waals surface area contributed by atoms with Crippen molar-refractivity contribution in [3.63, 3.8) is 0 Å². The van der Waals surface area contributed by atoms with Gasteiger partial charge in [-0.15, -0.1) is 0 Å². The molecule has 1 aromatic rings. The lowest BCUT2D eigenvalue weighted by Gasteiger charge is -2.40. The van der Waals surface area contributed by atoms with Crippen molar-refractivity contribution in [2.24, 2.45) is 0 Å². The molecule has 1 aliphatic carbocycles. The topological polar surface area (TPSA) is 55.9 Å². The fraction of sp³-hybridized carbons (Fsp3) is 0.636. The predicted octanol–water partition coefficient (Wildman–Crippen LogP) is 2.42. The molecule has 1 aromatic carbocycles. The molecule has 0 bridgehead atoms. The number of hydrogen-bond donors (Lipinski definition) is 1. The number of amides is 2. The molecule has 6 heteroatoms. The number of carbonyl (C=O) groups is 2. The third-order valence-electron chi connectivity index (χ3n) is 6.21. The van der Waals surface area contributed by atoms with Crippen LogP contribution in [-0.2, 0) is 9.59 Å². The molecule has 0 aromatic heterocycles. The molecule has 6 nitrogen and oxygen atoms in total. The second-order valence-corrected chi connectivity index (χ2v) is 8.14. The van der Waals surface area contributed by atoms with E-state index in [1.807, 2.05) is 49.2 Å². The number of rotatable bonds is 6. The molecular weight excluding hydrogens is 352 g/mol. The summed E-state index contributed by atoms with van der Waals surface area (Å²) in [6, 6.07) is 9.87. The molecule has 2 amide bonds. The zero-order valence-electron chi connectivity index (χ0n) is 17.3. The van der Waals surface area contributed by atoms with Gasteiger partial charge in [0.05, 0.1) is 12.6 Å². The van der Waals surface area contributed by atoms with Crippen LogP contribution in [0.5, 0.6) is 0 Å². The first-order valence-electron chi connectivity index (χ1n) is 10.6. The van der Waals surface area contributed by atoms with Crippen LogP contribution in [0.15, 0.2) is 30.3 Å². The maximum Gasteiger partial charge on any atom is 0.239 e. The molecule has 2 fully saturated rings. The fourth-order valence-electron chi connectivity index (χ4n) is 4.33. The summed E-state index contributed by atoms with van der Waals surface area (Å²) in [6.07, 6.45) is 6.05. The van der Waals surface area contributed by atoms with Crippen molar-refractivity contribution in [1.29, 1.82) is 0 Å². The smallest absolute Gasteiger partial charge is 0.239 e. The Morgan fingerprint density at radius 2 is 1.71 bits per heavy atom. The van der Waals surface area contributed by atoms with Gasteiger partial charge in [-0.3, -0.25) is 19.4 Å². The number of benzene rings is 1. The molecule has 0 spiro atoms. The van der Waals surface area contributed by atoms with Gasteiger partial charge in [0.2, 0.25) is 11.8 Å². The molecule has 154 valence electrons. The van der Waals surface area contributed by atoms with E-state index in [2.05, 4.69) is 15.1 Å². The van der Waals surface area contributed by atoms with Gasteiger partial charge in [-0.05, 0) is 31.9 Å². The van der Waals surface area contributed by atoms with Gasteiger partial charge in [0.25, 0.3) is 0 Å². The highest BCUT2D eigenvalue weighted by atomic mass is 16.2. The summed E-state index contributed by atoms with van der Waals surface area (Å²) in [7, 11) is 1.97. The number of likely N-dealkylation sites (N-methyl/N-ethyl adjacent to an activating group) is 1. The van der Waals surface area contributed by atoms with Crippen molar-refractivity contribution in [3.8, 4) is 0 Å². The lowest BCUT2D eigenvalue weighted by molar-refractivity contribution is -0.138. The standard InChI is InChI=1S/C22H34N4O2/c1-18(22(28)24(2)20-11-7-4-8-12-20)26-15-13-25(14-16-26)17-21(27)23-19-9-5-3-6-10-19/h3,5-6,9-10,18,20H,4,7-8,11-17H2,1-2H3,(H,23,27). The van der Waals surface area contributed by atoms with E-state index in [1.165, 1.54) is 19.3 Å². The van der Waals surface area contributed by atoms with E-state index < -0.39 is 0 Å². The van der Waals surface area contributed by atoms with Gasteiger partial charge in [0, 0.05) is 45.0 Å². The summed E-state index contributed by atoms with van der Waals surface area (Å²) in [6.45, 7) is 5.69. The van der Waals surface area contributed by atoms with Crippen molar-refractivity contribution < 1.29 is 9.59 Å². The lowest BCUT2D eigenvalue weighted by Crippen LogP contribution is -2.56. The quantitative estimate of drug-likeness (QED) is 0.816. The minimum atomic E-state index is -0.0905. The van der Waals surface area contributed by atoms with Crippen LogP contribution < -0.4 is 5.32 Å². The number of hydrogen-bond acceptors (Lipinski definition) is 4. The van der Waals surface area contributed by atoms with Crippen molar-refractivity contribution in [2.75, 3.05) is 45.1 Å². The molecule has 2 aliphatic rings. The van der Waals surface area contributed by atoms with Crippen LogP contribution in [0.3, 0.4) is 0 Å². The normalized spacial score (nSPS) is 20.5. The zero-order chi connectivity index (χ0) is 19.9. The predicted molar refractivity (Wildman–Crippen MR) is 112 cm³/mol. The molecule has 1 atom stereocenters. The van der Waals surface area contributed by atoms with Gasteiger partial charge < -0.3 is 10.2 Å². The molecule has 1 saturated carbocycles. The Balaban J connectivity index is 1.42. The summed E-state index contributed by atoms with van der Waals surface area (Å²) in [5.41, 5.74) is 0.830. The number of carbonyl (C=O) groups excluding carboxylic acids is 2. The van der Waals surface area contributed by atoms with Crippen LogP contribution in [0.4, 0.5) is 5.69 Å². The van der Waals surface area contributed by atoms with Gasteiger partial charge in [-0.1, -0.05) is 37.5 Å². The average molecular weight is 387 g/mol. The Labute approximate surface area is 168 Å². The monoisotopic (exact) mass is 386 g/mol. The summed E-state index contributed by atoms with van der Waals surface area (Å²) in [5, 5.41) is 2.94. The van der Waals surface area contributed by atoms with E-state index in [0.29, 0.717) is 12.6 Å². The number of piperazine rings is 1. The highest BCUT2D eigenvalue weighted by Gasteiger charge is 2.31. The Hall–Kier alpha value is -1.92. The second-order valence-electron chi connectivity index (χ2n) is 8.14. The SMILES string of the molecule is CC(C(=O)N(C)C1CCCCC1)N1CCN(CC(=O)Nc2ccccc2)CC1. The van der Waals surface area contributed by atoms with Crippen LogP contribution in [-0.4, -0.2) is 78.4 Å². The largest absolute Gasteiger partial charge is 0.341 e. The lowest BCUT2D eigenvalue weighted by atomic mass is 9.94. The van der Waals surface area contributed by atoms with Crippen LogP contribution in [0.25, 0.3) is 0 Å². The first kappa shape index (κ1) is 20.8. The van der Waals surface area contributed by atoms with Gasteiger partial charge in [0.1, 0.15) is 0 Å². The second kappa shape index (κ2) is 10.0. The van der Waals surface area contributed by atoms with Gasteiger partial charge in [0.15, 0.2) is 0 Å². The molecule has 3 rings (SSSR count). The van der Waals surface area contributed by atoms with Crippen LogP contribution in [0, 0.1) is 0 Å². The Morgan fingerprint density at radius 3 is 2.36 bits per heavy atom. The third kappa shape index (κ3) is 5.55. The number of nitrogens with one attached hydrogen (secondary N) is 1. The molecule has 1 aliphatic heterocycles. The summed E-state index contributed by atoms with van der Waals surface area (Å²) in [4.78, 5) is 31.6. The van der Waals surface area contributed by atoms with E-state index in [1.54, 1.807) is 0 Å². The number of anilines is 1. The van der Waals surface area contributed by atoms with E-state index >= 15 is 0 Å². The van der Waals surface area contributed by atoms with Gasteiger partial charge >= 0.3 is 0 Å². The highest BCUT2D eigenvalue weighted by molar-refractivity contribution is 5.92. The maximum atomic E-state index is 12.9. The Bertz CT molecular complexity index is 637. The fourth-order valence-corrected chi connectivity index (χ4v) is 4.33. The van der Waals surface area contributed by atoms with Crippen LogP contribution in [0.2, 0.25) is 0 Å². The maximum absolute atomic E-state index is 12.9. The van der Waals surface area contributed by atoms with E-state index in [-0.39, 0.29) is 17.9 Å². The highest BCUT2D eigenvalue weighted by Crippen LogP contribution is 2.22. The Morgan fingerprint density at radius 1 is 1.07 bits per heavy atom. The van der Waals surface area contributed by atoms with Crippen LogP contribution in [0.1, 0.15) is 39.0 Å². The van der Waals surface area contributed by atoms with Gasteiger partial charge in [-0.2, -0.15) is 0 Å². The molecule has 1 N–H and O–H groups in total. The molecule has 28 heavy (non-hydrogen) atoms. The zero-order valence-corrected chi connectivity index (χ0v) is 17.3. The number of nitrogens with zero attached hydrogens (tertiary/aromatic N) is 3. The van der Waals surface area contributed by atoms with Gasteiger partial charge in [-0.25, -0.2) is 0 Å². The first-order valence-corrected chi connectivity index (χ1v) is 10.6. The molecule has 1 saturated heterocycles. The van der Waals surface area contributed by atoms with Crippen LogP contribution >= 0.6 is 0 Å². The molecule has 1 heterocycles. The van der Waals surface area contributed by atoms with E-state index in [4.69, 9.17) is 0 Å². The summed E-state index contributed by atoms with van der Waals surface area (Å²) in [5.74, 6) is 0.253. The van der Waals surface area contributed by atoms with E-state index in [9.17, 15) is 9.59 Å². The summed E-state index contributed by atoms with van der Waals surface area (Å²) >= 11 is 0. The number of para-hydroxylation sites is 1. The molecule has 0 radical (unpaired) electrons. The molecule has 1 unspecified atom stereocenters. The third-order valence-corrected chi connectivity index (χ3v) is 6.21. The minimum Gasteiger partial charge on any atom is -0.341 e. The first-order chi connectivity index (χ1) is 13.5. The van der Waals surface area contributed by atoms with Crippen molar-refractivity contribution in [3.05, 3.63) is 30.3 Å². The Kier molecular flexibility index (Phi) is 7.45. The van der Waals surface area contributed by atoms with Crippen molar-refractivity contribution in [2.45, 2.75) is 51.1 Å². The average Bonchev–Trinajstić information content (AvgIpc) is 2.74. The minimum absolute atomic E-state index is 0.0146. The molecular formula is C22H34N4O2. The summed E-state index contributed by atoms with van der Waals surface area (Å²) < 4.78 is 0. The van der Waals surface area contributed by atoms with Crippen molar-refractivity contribution in [1.82, 2.24) is 14.7 Å². The van der Waals surface area contributed by atoms with Crippen molar-refractivity contribution >= 4 is 17.5 Å². The van der Waals surface area contributed by atoms with E-state index in [0.717, 1.165) is 44.7 Å².